The standard InChI is InChI=1S/C12H12F2N2O2S/c13-12(14,8-17)7-15-11(18)10-9(3-6-19-10)16-4-1-2-5-16/h1-6,17H,7-8H2,(H,15,18). The van der Waals surface area contributed by atoms with E-state index in [1.807, 2.05) is 0 Å². The normalized spacial score (nSPS) is 11.5. The summed E-state index contributed by atoms with van der Waals surface area (Å²) in [5.74, 6) is -3.88. The van der Waals surface area contributed by atoms with Gasteiger partial charge in [-0.2, -0.15) is 0 Å². The lowest BCUT2D eigenvalue weighted by atomic mass is 10.3. The molecule has 2 rings (SSSR count). The molecule has 19 heavy (non-hydrogen) atoms. The van der Waals surface area contributed by atoms with Crippen molar-refractivity contribution in [2.75, 3.05) is 13.2 Å². The Bertz CT molecular complexity index is 552. The Balaban J connectivity index is 2.11. The minimum Gasteiger partial charge on any atom is -0.390 e. The molecule has 0 radical (unpaired) electrons. The second kappa shape index (κ2) is 5.50. The molecule has 4 nitrogen and oxygen atoms in total. The minimum absolute atomic E-state index is 0.352. The zero-order chi connectivity index (χ0) is 13.9. The molecular weight excluding hydrogens is 274 g/mol. The molecule has 2 heterocycles. The van der Waals surface area contributed by atoms with Gasteiger partial charge in [-0.05, 0) is 23.6 Å². The molecule has 0 aliphatic carbocycles. The molecular formula is C12H12F2N2O2S. The Morgan fingerprint density at radius 2 is 2.11 bits per heavy atom. The van der Waals surface area contributed by atoms with Crippen LogP contribution in [0, 0.1) is 0 Å². The number of rotatable bonds is 5. The van der Waals surface area contributed by atoms with Gasteiger partial charge in [-0.25, -0.2) is 8.78 Å². The summed E-state index contributed by atoms with van der Waals surface area (Å²) < 4.78 is 27.5. The summed E-state index contributed by atoms with van der Waals surface area (Å²) in [6.07, 6.45) is 3.53. The van der Waals surface area contributed by atoms with Crippen LogP contribution < -0.4 is 5.32 Å². The Kier molecular flexibility index (Phi) is 3.96. The van der Waals surface area contributed by atoms with Crippen molar-refractivity contribution < 1.29 is 18.7 Å². The SMILES string of the molecule is O=C(NCC(F)(F)CO)c1sccc1-n1cccc1. The Hall–Kier alpha value is -1.73. The number of aromatic nitrogens is 1. The number of carbonyl (C=O) groups excluding carboxylic acids is 1. The molecule has 0 atom stereocenters. The van der Waals surface area contributed by atoms with Gasteiger partial charge in [0, 0.05) is 12.4 Å². The summed E-state index contributed by atoms with van der Waals surface area (Å²) in [6.45, 7) is -2.17. The van der Waals surface area contributed by atoms with E-state index in [0.29, 0.717) is 10.6 Å². The molecule has 102 valence electrons. The van der Waals surface area contributed by atoms with Gasteiger partial charge in [0.1, 0.15) is 11.5 Å². The van der Waals surface area contributed by atoms with Crippen LogP contribution in [0.3, 0.4) is 0 Å². The van der Waals surface area contributed by atoms with E-state index in [-0.39, 0.29) is 0 Å². The first-order valence-electron chi connectivity index (χ1n) is 5.51. The molecule has 0 saturated carbocycles. The highest BCUT2D eigenvalue weighted by atomic mass is 32.1. The van der Waals surface area contributed by atoms with E-state index >= 15 is 0 Å². The van der Waals surface area contributed by atoms with Crippen LogP contribution >= 0.6 is 11.3 Å². The molecule has 2 N–H and O–H groups in total. The Morgan fingerprint density at radius 1 is 1.42 bits per heavy atom. The summed E-state index contributed by atoms with van der Waals surface area (Å²) >= 11 is 1.17. The van der Waals surface area contributed by atoms with Crippen LogP contribution in [0.1, 0.15) is 9.67 Å². The number of amides is 1. The van der Waals surface area contributed by atoms with Crippen molar-refractivity contribution in [3.63, 3.8) is 0 Å². The summed E-state index contributed by atoms with van der Waals surface area (Å²) in [6, 6.07) is 5.35. The number of carbonyl (C=O) groups is 1. The fourth-order valence-electron chi connectivity index (χ4n) is 1.52. The third kappa shape index (κ3) is 3.18. The number of nitrogens with zero attached hydrogens (tertiary/aromatic N) is 1. The van der Waals surface area contributed by atoms with Crippen molar-refractivity contribution in [2.24, 2.45) is 0 Å². The quantitative estimate of drug-likeness (QED) is 0.882. The van der Waals surface area contributed by atoms with Gasteiger partial charge in [-0.3, -0.25) is 4.79 Å². The van der Waals surface area contributed by atoms with Crippen LogP contribution in [0.25, 0.3) is 5.69 Å². The summed E-state index contributed by atoms with van der Waals surface area (Å²) in [5, 5.41) is 12.3. The van der Waals surface area contributed by atoms with E-state index in [1.165, 1.54) is 11.3 Å². The maximum atomic E-state index is 12.9. The largest absolute Gasteiger partial charge is 0.390 e. The highest BCUT2D eigenvalue weighted by Crippen LogP contribution is 2.21. The molecule has 0 aliphatic heterocycles. The first-order chi connectivity index (χ1) is 9.03. The van der Waals surface area contributed by atoms with Crippen LogP contribution in [-0.2, 0) is 0 Å². The highest BCUT2D eigenvalue weighted by Gasteiger charge is 2.29. The number of aliphatic hydroxyl groups excluding tert-OH is 1. The van der Waals surface area contributed by atoms with Gasteiger partial charge in [-0.15, -0.1) is 11.3 Å². The van der Waals surface area contributed by atoms with E-state index in [2.05, 4.69) is 5.32 Å². The zero-order valence-corrected chi connectivity index (χ0v) is 10.7. The highest BCUT2D eigenvalue weighted by molar-refractivity contribution is 7.12. The van der Waals surface area contributed by atoms with E-state index in [4.69, 9.17) is 5.11 Å². The number of alkyl halides is 2. The number of nitrogens with one attached hydrogen (secondary N) is 1. The van der Waals surface area contributed by atoms with E-state index in [1.54, 1.807) is 40.5 Å². The molecule has 0 aromatic carbocycles. The van der Waals surface area contributed by atoms with Crippen LogP contribution in [0.4, 0.5) is 8.78 Å². The lowest BCUT2D eigenvalue weighted by molar-refractivity contribution is -0.0461. The number of hydrogen-bond acceptors (Lipinski definition) is 3. The molecule has 2 aromatic heterocycles. The monoisotopic (exact) mass is 286 g/mol. The van der Waals surface area contributed by atoms with Gasteiger partial charge in [-0.1, -0.05) is 0 Å². The number of halogens is 2. The van der Waals surface area contributed by atoms with Crippen molar-refractivity contribution in [3.8, 4) is 5.69 Å². The molecule has 0 fully saturated rings. The fourth-order valence-corrected chi connectivity index (χ4v) is 2.32. The Morgan fingerprint density at radius 3 is 2.74 bits per heavy atom. The number of aliphatic hydroxyl groups is 1. The minimum atomic E-state index is -3.31. The second-order valence-electron chi connectivity index (χ2n) is 3.92. The number of hydrogen-bond donors (Lipinski definition) is 2. The average molecular weight is 286 g/mol. The van der Waals surface area contributed by atoms with Crippen molar-refractivity contribution in [3.05, 3.63) is 40.8 Å². The van der Waals surface area contributed by atoms with Crippen LogP contribution in [0.5, 0.6) is 0 Å². The second-order valence-corrected chi connectivity index (χ2v) is 4.84. The molecule has 7 heteroatoms. The van der Waals surface area contributed by atoms with Gasteiger partial charge >= 0.3 is 0 Å². The van der Waals surface area contributed by atoms with Crippen molar-refractivity contribution in [1.29, 1.82) is 0 Å². The third-order valence-corrected chi connectivity index (χ3v) is 3.37. The lowest BCUT2D eigenvalue weighted by Gasteiger charge is -2.14. The average Bonchev–Trinajstić information content (AvgIpc) is 3.05. The van der Waals surface area contributed by atoms with E-state index < -0.39 is 25.0 Å². The Labute approximate surface area is 112 Å². The fraction of sp³-hybridized carbons (Fsp3) is 0.250. The summed E-state index contributed by atoms with van der Waals surface area (Å²) in [7, 11) is 0. The molecule has 0 bridgehead atoms. The van der Waals surface area contributed by atoms with Crippen molar-refractivity contribution >= 4 is 17.2 Å². The van der Waals surface area contributed by atoms with Crippen molar-refractivity contribution in [2.45, 2.75) is 5.92 Å². The van der Waals surface area contributed by atoms with Gasteiger partial charge in [0.2, 0.25) is 0 Å². The van der Waals surface area contributed by atoms with Gasteiger partial charge in [0.15, 0.2) is 0 Å². The van der Waals surface area contributed by atoms with E-state index in [9.17, 15) is 13.6 Å². The van der Waals surface area contributed by atoms with Gasteiger partial charge in [0.05, 0.1) is 12.2 Å². The topological polar surface area (TPSA) is 54.3 Å². The lowest BCUT2D eigenvalue weighted by Crippen LogP contribution is -2.38. The molecule has 0 saturated heterocycles. The smallest absolute Gasteiger partial charge is 0.287 e. The maximum Gasteiger partial charge on any atom is 0.287 e. The first kappa shape index (κ1) is 13.7. The van der Waals surface area contributed by atoms with Crippen LogP contribution in [0.15, 0.2) is 36.0 Å². The zero-order valence-electron chi connectivity index (χ0n) is 9.85. The van der Waals surface area contributed by atoms with Crippen molar-refractivity contribution in [1.82, 2.24) is 9.88 Å². The number of thiophene rings is 1. The molecule has 0 aliphatic rings. The van der Waals surface area contributed by atoms with E-state index in [0.717, 1.165) is 0 Å². The van der Waals surface area contributed by atoms with Crippen LogP contribution in [0.2, 0.25) is 0 Å². The predicted octanol–water partition coefficient (Wildman–Crippen LogP) is 1.90. The third-order valence-electron chi connectivity index (χ3n) is 2.47. The summed E-state index contributed by atoms with van der Waals surface area (Å²) in [4.78, 5) is 12.2. The van der Waals surface area contributed by atoms with Crippen LogP contribution in [-0.4, -0.2) is 34.7 Å². The molecule has 0 spiro atoms. The van der Waals surface area contributed by atoms with Gasteiger partial charge < -0.3 is 15.0 Å². The molecule has 0 unspecified atom stereocenters. The van der Waals surface area contributed by atoms with Gasteiger partial charge in [0.25, 0.3) is 11.8 Å². The molecule has 2 aromatic rings. The predicted molar refractivity (Wildman–Crippen MR) is 68.0 cm³/mol. The maximum absolute atomic E-state index is 12.9. The summed E-state index contributed by atoms with van der Waals surface area (Å²) in [5.41, 5.74) is 0.639. The molecule has 1 amide bonds. The first-order valence-corrected chi connectivity index (χ1v) is 6.39.